The summed E-state index contributed by atoms with van der Waals surface area (Å²) < 4.78 is 0. The van der Waals surface area contributed by atoms with Gasteiger partial charge in [0, 0.05) is 5.54 Å². The molecule has 0 saturated carbocycles. The van der Waals surface area contributed by atoms with Gasteiger partial charge in [-0.05, 0) is 80.4 Å². The van der Waals surface area contributed by atoms with E-state index in [4.69, 9.17) is 0 Å². The molecular weight excluding hydrogens is 210 g/mol. The molecule has 0 heterocycles. The molecule has 0 aromatic carbocycles. The zero-order valence-corrected chi connectivity index (χ0v) is 12.8. The van der Waals surface area contributed by atoms with Crippen molar-refractivity contribution in [2.75, 3.05) is 46.8 Å². The Hall–Kier alpha value is -0.120. The standard InChI is InChI=1S/C14H33N3/c1-7-17(14(2,3)4)13-9-12-16(6)11-8-10-15-5/h15H,7-13H2,1-6H3. The highest BCUT2D eigenvalue weighted by atomic mass is 15.2. The van der Waals surface area contributed by atoms with Gasteiger partial charge in [-0.25, -0.2) is 0 Å². The van der Waals surface area contributed by atoms with Crippen molar-refractivity contribution in [3.8, 4) is 0 Å². The molecule has 17 heavy (non-hydrogen) atoms. The van der Waals surface area contributed by atoms with Gasteiger partial charge >= 0.3 is 0 Å². The molecule has 0 spiro atoms. The molecule has 0 rings (SSSR count). The second-order valence-electron chi connectivity index (χ2n) is 5.86. The van der Waals surface area contributed by atoms with Crippen molar-refractivity contribution in [3.63, 3.8) is 0 Å². The maximum Gasteiger partial charge on any atom is 0.0124 e. The van der Waals surface area contributed by atoms with E-state index in [9.17, 15) is 0 Å². The van der Waals surface area contributed by atoms with Crippen molar-refractivity contribution in [2.24, 2.45) is 0 Å². The van der Waals surface area contributed by atoms with Gasteiger partial charge in [0.2, 0.25) is 0 Å². The van der Waals surface area contributed by atoms with Crippen molar-refractivity contribution < 1.29 is 0 Å². The topological polar surface area (TPSA) is 18.5 Å². The van der Waals surface area contributed by atoms with E-state index in [1.165, 1.54) is 32.5 Å². The summed E-state index contributed by atoms with van der Waals surface area (Å²) in [5.41, 5.74) is 0.305. The Morgan fingerprint density at radius 3 is 2.06 bits per heavy atom. The van der Waals surface area contributed by atoms with Crippen LogP contribution in [0.15, 0.2) is 0 Å². The Morgan fingerprint density at radius 2 is 1.59 bits per heavy atom. The third-order valence-electron chi connectivity index (χ3n) is 3.26. The largest absolute Gasteiger partial charge is 0.320 e. The first-order valence-electron chi connectivity index (χ1n) is 7.00. The lowest BCUT2D eigenvalue weighted by Gasteiger charge is -2.35. The summed E-state index contributed by atoms with van der Waals surface area (Å²) in [6.45, 7) is 15.0. The van der Waals surface area contributed by atoms with Gasteiger partial charge in [0.1, 0.15) is 0 Å². The molecule has 3 nitrogen and oxygen atoms in total. The second kappa shape index (κ2) is 8.90. The van der Waals surface area contributed by atoms with Gasteiger partial charge in [-0.3, -0.25) is 4.90 Å². The average Bonchev–Trinajstić information content (AvgIpc) is 2.23. The number of nitrogens with zero attached hydrogens (tertiary/aromatic N) is 2. The number of hydrogen-bond acceptors (Lipinski definition) is 3. The molecule has 0 aromatic heterocycles. The fourth-order valence-electron chi connectivity index (χ4n) is 2.14. The molecule has 0 aromatic rings. The zero-order valence-electron chi connectivity index (χ0n) is 12.8. The van der Waals surface area contributed by atoms with Crippen LogP contribution in [-0.2, 0) is 0 Å². The normalized spacial score (nSPS) is 12.7. The molecule has 0 aliphatic heterocycles. The van der Waals surface area contributed by atoms with Crippen molar-refractivity contribution in [1.82, 2.24) is 15.1 Å². The minimum Gasteiger partial charge on any atom is -0.320 e. The van der Waals surface area contributed by atoms with Crippen LogP contribution in [0.2, 0.25) is 0 Å². The molecule has 104 valence electrons. The van der Waals surface area contributed by atoms with Crippen LogP contribution < -0.4 is 5.32 Å². The molecule has 0 unspecified atom stereocenters. The van der Waals surface area contributed by atoms with Crippen molar-refractivity contribution >= 4 is 0 Å². The van der Waals surface area contributed by atoms with Crippen LogP contribution in [0.5, 0.6) is 0 Å². The van der Waals surface area contributed by atoms with Crippen LogP contribution in [-0.4, -0.2) is 62.2 Å². The van der Waals surface area contributed by atoms with E-state index in [-0.39, 0.29) is 0 Å². The Labute approximate surface area is 109 Å². The Morgan fingerprint density at radius 1 is 1.00 bits per heavy atom. The van der Waals surface area contributed by atoms with E-state index < -0.39 is 0 Å². The summed E-state index contributed by atoms with van der Waals surface area (Å²) in [4.78, 5) is 4.99. The van der Waals surface area contributed by atoms with Gasteiger partial charge in [0.25, 0.3) is 0 Å². The van der Waals surface area contributed by atoms with Gasteiger partial charge in [0.15, 0.2) is 0 Å². The molecule has 0 atom stereocenters. The van der Waals surface area contributed by atoms with Crippen LogP contribution >= 0.6 is 0 Å². The quantitative estimate of drug-likeness (QED) is 0.625. The third-order valence-corrected chi connectivity index (χ3v) is 3.26. The van der Waals surface area contributed by atoms with E-state index >= 15 is 0 Å². The second-order valence-corrected chi connectivity index (χ2v) is 5.86. The van der Waals surface area contributed by atoms with Crippen LogP contribution in [0.4, 0.5) is 0 Å². The fourth-order valence-corrected chi connectivity index (χ4v) is 2.14. The van der Waals surface area contributed by atoms with Gasteiger partial charge in [-0.15, -0.1) is 0 Å². The molecule has 0 aliphatic carbocycles. The van der Waals surface area contributed by atoms with E-state index in [1.807, 2.05) is 7.05 Å². The number of rotatable bonds is 9. The van der Waals surface area contributed by atoms with Crippen molar-refractivity contribution in [2.45, 2.75) is 46.1 Å². The van der Waals surface area contributed by atoms with Crippen LogP contribution in [0.3, 0.4) is 0 Å². The van der Waals surface area contributed by atoms with Crippen molar-refractivity contribution in [3.05, 3.63) is 0 Å². The molecule has 0 amide bonds. The highest BCUT2D eigenvalue weighted by Gasteiger charge is 2.18. The monoisotopic (exact) mass is 243 g/mol. The molecule has 3 heteroatoms. The predicted molar refractivity (Wildman–Crippen MR) is 77.7 cm³/mol. The van der Waals surface area contributed by atoms with Gasteiger partial charge in [-0.2, -0.15) is 0 Å². The minimum absolute atomic E-state index is 0.305. The maximum atomic E-state index is 3.19. The molecule has 0 bridgehead atoms. The molecular formula is C14H33N3. The SMILES string of the molecule is CCN(CCCN(C)CCCNC)C(C)(C)C. The minimum atomic E-state index is 0.305. The molecule has 1 N–H and O–H groups in total. The van der Waals surface area contributed by atoms with Crippen LogP contribution in [0, 0.1) is 0 Å². The zero-order chi connectivity index (χ0) is 13.3. The first-order valence-corrected chi connectivity index (χ1v) is 7.00. The molecule has 0 aliphatic rings. The third kappa shape index (κ3) is 8.58. The molecule has 0 fully saturated rings. The number of nitrogens with one attached hydrogen (secondary N) is 1. The highest BCUT2D eigenvalue weighted by Crippen LogP contribution is 2.12. The first kappa shape index (κ1) is 16.9. The summed E-state index contributed by atoms with van der Waals surface area (Å²) in [7, 11) is 4.24. The van der Waals surface area contributed by atoms with E-state index in [0.29, 0.717) is 5.54 Å². The lowest BCUT2D eigenvalue weighted by molar-refractivity contribution is 0.137. The summed E-state index contributed by atoms with van der Waals surface area (Å²) >= 11 is 0. The Kier molecular flexibility index (Phi) is 8.83. The summed E-state index contributed by atoms with van der Waals surface area (Å²) in [5.74, 6) is 0. The lowest BCUT2D eigenvalue weighted by atomic mass is 10.1. The van der Waals surface area contributed by atoms with Gasteiger partial charge < -0.3 is 10.2 Å². The summed E-state index contributed by atoms with van der Waals surface area (Å²) in [6.07, 6.45) is 2.50. The van der Waals surface area contributed by atoms with Gasteiger partial charge in [-0.1, -0.05) is 6.92 Å². The van der Waals surface area contributed by atoms with Gasteiger partial charge in [0.05, 0.1) is 0 Å². The first-order chi connectivity index (χ1) is 7.91. The molecule has 0 radical (unpaired) electrons. The van der Waals surface area contributed by atoms with Crippen molar-refractivity contribution in [1.29, 1.82) is 0 Å². The smallest absolute Gasteiger partial charge is 0.0124 e. The van der Waals surface area contributed by atoms with E-state index in [0.717, 1.165) is 13.1 Å². The highest BCUT2D eigenvalue weighted by molar-refractivity contribution is 4.75. The Bertz CT molecular complexity index is 175. The van der Waals surface area contributed by atoms with E-state index in [2.05, 4.69) is 49.9 Å². The number of hydrogen-bond donors (Lipinski definition) is 1. The Balaban J connectivity index is 3.67. The summed E-state index contributed by atoms with van der Waals surface area (Å²) in [5, 5.41) is 3.19. The maximum absolute atomic E-state index is 3.19. The molecule has 0 saturated heterocycles. The van der Waals surface area contributed by atoms with E-state index in [1.54, 1.807) is 0 Å². The predicted octanol–water partition coefficient (Wildman–Crippen LogP) is 2.04. The average molecular weight is 243 g/mol. The lowest BCUT2D eigenvalue weighted by Crippen LogP contribution is -2.42. The van der Waals surface area contributed by atoms with Crippen LogP contribution in [0.1, 0.15) is 40.5 Å². The summed E-state index contributed by atoms with van der Waals surface area (Å²) in [6, 6.07) is 0. The fraction of sp³-hybridized carbons (Fsp3) is 1.00. The van der Waals surface area contributed by atoms with Crippen LogP contribution in [0.25, 0.3) is 0 Å².